The molecule has 0 aliphatic rings. The third-order valence-electron chi connectivity index (χ3n) is 3.24. The zero-order valence-electron chi connectivity index (χ0n) is 12.7. The van der Waals surface area contributed by atoms with Crippen LogP contribution in [0.4, 0.5) is 0 Å². The van der Waals surface area contributed by atoms with E-state index in [9.17, 15) is 4.79 Å². The van der Waals surface area contributed by atoms with Crippen molar-refractivity contribution in [3.63, 3.8) is 0 Å². The summed E-state index contributed by atoms with van der Waals surface area (Å²) in [6, 6.07) is 16.6. The molecule has 0 spiro atoms. The van der Waals surface area contributed by atoms with E-state index in [4.69, 9.17) is 11.6 Å². The Morgan fingerprint density at radius 1 is 1.12 bits per heavy atom. The summed E-state index contributed by atoms with van der Waals surface area (Å²) < 4.78 is 0. The second-order valence-corrected chi connectivity index (χ2v) is 6.44. The van der Waals surface area contributed by atoms with E-state index in [-0.39, 0.29) is 5.91 Å². The van der Waals surface area contributed by atoms with Gasteiger partial charge >= 0.3 is 0 Å². The molecule has 2 N–H and O–H groups in total. The molecule has 3 rings (SSSR count). The van der Waals surface area contributed by atoms with Gasteiger partial charge in [0, 0.05) is 28.4 Å². The molecule has 7 heteroatoms. The van der Waals surface area contributed by atoms with Crippen molar-refractivity contribution in [2.75, 3.05) is 12.3 Å². The molecule has 1 heterocycles. The Morgan fingerprint density at radius 3 is 2.62 bits per heavy atom. The molecule has 24 heavy (non-hydrogen) atoms. The Bertz CT molecular complexity index is 805. The van der Waals surface area contributed by atoms with Crippen molar-refractivity contribution in [1.29, 1.82) is 0 Å². The molecular formula is C17H15ClN4OS. The highest BCUT2D eigenvalue weighted by Crippen LogP contribution is 2.18. The van der Waals surface area contributed by atoms with Crippen LogP contribution in [0.1, 0.15) is 10.4 Å². The molecule has 2 aromatic carbocycles. The molecule has 0 saturated carbocycles. The molecule has 1 aromatic heterocycles. The number of benzene rings is 2. The Kier molecular flexibility index (Phi) is 5.51. The molecular weight excluding hydrogens is 344 g/mol. The van der Waals surface area contributed by atoms with Crippen molar-refractivity contribution < 1.29 is 4.79 Å². The smallest absolute Gasteiger partial charge is 0.251 e. The second kappa shape index (κ2) is 7.99. The monoisotopic (exact) mass is 358 g/mol. The number of carbonyl (C=O) groups excluding carboxylic acids is 1. The lowest BCUT2D eigenvalue weighted by Gasteiger charge is -2.04. The quantitative estimate of drug-likeness (QED) is 0.521. The Balaban J connectivity index is 1.46. The van der Waals surface area contributed by atoms with Crippen molar-refractivity contribution in [1.82, 2.24) is 20.5 Å². The fourth-order valence-electron chi connectivity index (χ4n) is 2.05. The highest BCUT2D eigenvalue weighted by Gasteiger charge is 2.07. The fraction of sp³-hybridized carbons (Fsp3) is 0.118. The highest BCUT2D eigenvalue weighted by atomic mass is 35.5. The highest BCUT2D eigenvalue weighted by molar-refractivity contribution is 7.99. The van der Waals surface area contributed by atoms with Crippen LogP contribution in [0.3, 0.4) is 0 Å². The van der Waals surface area contributed by atoms with E-state index in [2.05, 4.69) is 20.5 Å². The van der Waals surface area contributed by atoms with Gasteiger partial charge in [-0.1, -0.05) is 53.7 Å². The summed E-state index contributed by atoms with van der Waals surface area (Å²) in [6.07, 6.45) is 0. The molecule has 0 radical (unpaired) electrons. The average Bonchev–Trinajstić information content (AvgIpc) is 3.09. The predicted molar refractivity (Wildman–Crippen MR) is 96.3 cm³/mol. The molecule has 0 fully saturated rings. The Hall–Kier alpha value is -2.31. The summed E-state index contributed by atoms with van der Waals surface area (Å²) in [6.45, 7) is 0.529. The molecule has 0 bridgehead atoms. The first-order valence-corrected chi connectivity index (χ1v) is 8.73. The topological polar surface area (TPSA) is 70.7 Å². The number of aromatic nitrogens is 3. The van der Waals surface area contributed by atoms with Crippen LogP contribution in [-0.4, -0.2) is 33.4 Å². The molecule has 0 unspecified atom stereocenters. The van der Waals surface area contributed by atoms with Gasteiger partial charge in [0.1, 0.15) is 0 Å². The lowest BCUT2D eigenvalue weighted by Crippen LogP contribution is -2.25. The summed E-state index contributed by atoms with van der Waals surface area (Å²) in [5, 5.41) is 11.2. The van der Waals surface area contributed by atoms with Crippen LogP contribution in [0.5, 0.6) is 0 Å². The average molecular weight is 359 g/mol. The van der Waals surface area contributed by atoms with Crippen LogP contribution in [0, 0.1) is 0 Å². The first-order valence-electron chi connectivity index (χ1n) is 7.37. The molecule has 3 aromatic rings. The number of hydrogen-bond acceptors (Lipinski definition) is 4. The Labute approximate surface area is 148 Å². The minimum absolute atomic E-state index is 0.118. The number of H-pyrrole nitrogens is 1. The van der Waals surface area contributed by atoms with Crippen molar-refractivity contribution in [2.24, 2.45) is 0 Å². The number of rotatable bonds is 6. The maximum atomic E-state index is 12.0. The van der Waals surface area contributed by atoms with Gasteiger partial charge in [-0.15, -0.1) is 5.10 Å². The van der Waals surface area contributed by atoms with Crippen molar-refractivity contribution in [3.8, 4) is 11.4 Å². The van der Waals surface area contributed by atoms with E-state index in [1.165, 1.54) is 11.8 Å². The maximum absolute atomic E-state index is 12.0. The van der Waals surface area contributed by atoms with Gasteiger partial charge in [-0.2, -0.15) is 0 Å². The van der Waals surface area contributed by atoms with Gasteiger partial charge < -0.3 is 5.32 Å². The van der Waals surface area contributed by atoms with E-state index in [0.717, 1.165) is 11.4 Å². The van der Waals surface area contributed by atoms with Gasteiger partial charge in [-0.25, -0.2) is 4.98 Å². The predicted octanol–water partition coefficient (Wildman–Crippen LogP) is 3.65. The number of amides is 1. The number of hydrogen-bond donors (Lipinski definition) is 2. The molecule has 0 atom stereocenters. The van der Waals surface area contributed by atoms with E-state index in [0.29, 0.717) is 28.0 Å². The van der Waals surface area contributed by atoms with Crippen LogP contribution < -0.4 is 5.32 Å². The van der Waals surface area contributed by atoms with Crippen LogP contribution in [-0.2, 0) is 0 Å². The zero-order valence-corrected chi connectivity index (χ0v) is 14.3. The third-order valence-corrected chi connectivity index (χ3v) is 4.34. The third kappa shape index (κ3) is 4.37. The minimum atomic E-state index is -0.118. The number of thioether (sulfide) groups is 1. The Morgan fingerprint density at radius 2 is 1.88 bits per heavy atom. The van der Waals surface area contributed by atoms with Gasteiger partial charge in [0.25, 0.3) is 5.91 Å². The first kappa shape index (κ1) is 16.5. The van der Waals surface area contributed by atoms with Crippen molar-refractivity contribution in [3.05, 3.63) is 65.2 Å². The van der Waals surface area contributed by atoms with E-state index in [1.54, 1.807) is 24.3 Å². The van der Waals surface area contributed by atoms with Gasteiger partial charge in [-0.05, 0) is 24.3 Å². The normalized spacial score (nSPS) is 10.5. The molecule has 0 saturated heterocycles. The molecule has 5 nitrogen and oxygen atoms in total. The van der Waals surface area contributed by atoms with Crippen molar-refractivity contribution in [2.45, 2.75) is 5.16 Å². The van der Waals surface area contributed by atoms with Crippen LogP contribution in [0.25, 0.3) is 11.4 Å². The first-order chi connectivity index (χ1) is 11.7. The second-order valence-electron chi connectivity index (χ2n) is 4.94. The number of halogens is 1. The molecule has 1 amide bonds. The summed E-state index contributed by atoms with van der Waals surface area (Å²) in [7, 11) is 0. The lowest BCUT2D eigenvalue weighted by molar-refractivity contribution is 0.0956. The fourth-order valence-corrected chi connectivity index (χ4v) is 2.83. The van der Waals surface area contributed by atoms with Gasteiger partial charge in [0.05, 0.1) is 0 Å². The van der Waals surface area contributed by atoms with E-state index in [1.807, 2.05) is 30.3 Å². The number of nitrogens with zero attached hydrogens (tertiary/aromatic N) is 2. The molecule has 0 aliphatic carbocycles. The van der Waals surface area contributed by atoms with Crippen LogP contribution in [0.2, 0.25) is 5.02 Å². The number of carbonyl (C=O) groups is 1. The lowest BCUT2D eigenvalue weighted by atomic mass is 10.2. The maximum Gasteiger partial charge on any atom is 0.251 e. The van der Waals surface area contributed by atoms with E-state index < -0.39 is 0 Å². The minimum Gasteiger partial charge on any atom is -0.351 e. The summed E-state index contributed by atoms with van der Waals surface area (Å²) in [5.74, 6) is 1.31. The largest absolute Gasteiger partial charge is 0.351 e. The SMILES string of the molecule is O=C(NCCSc1n[nH]c(-c2ccccc2)n1)c1ccc(Cl)cc1. The van der Waals surface area contributed by atoms with Gasteiger partial charge in [0.15, 0.2) is 5.82 Å². The van der Waals surface area contributed by atoms with Crippen molar-refractivity contribution >= 4 is 29.3 Å². The zero-order chi connectivity index (χ0) is 16.8. The summed E-state index contributed by atoms with van der Waals surface area (Å²) >= 11 is 7.29. The van der Waals surface area contributed by atoms with E-state index >= 15 is 0 Å². The number of nitrogens with one attached hydrogen (secondary N) is 2. The van der Waals surface area contributed by atoms with Crippen LogP contribution in [0.15, 0.2) is 59.8 Å². The molecule has 122 valence electrons. The van der Waals surface area contributed by atoms with Gasteiger partial charge in [-0.3, -0.25) is 9.89 Å². The molecule has 0 aliphatic heterocycles. The van der Waals surface area contributed by atoms with Gasteiger partial charge in [0.2, 0.25) is 5.16 Å². The number of aromatic amines is 1. The summed E-state index contributed by atoms with van der Waals surface area (Å²) in [4.78, 5) is 16.4. The standard InChI is InChI=1S/C17H15ClN4OS/c18-14-8-6-13(7-9-14)16(23)19-10-11-24-17-20-15(21-22-17)12-4-2-1-3-5-12/h1-9H,10-11H2,(H,19,23)(H,20,21,22). The van der Waals surface area contributed by atoms with Crippen LogP contribution >= 0.6 is 23.4 Å². The summed E-state index contributed by atoms with van der Waals surface area (Å²) in [5.41, 5.74) is 1.58.